The van der Waals surface area contributed by atoms with Gasteiger partial charge in [-0.3, -0.25) is 9.36 Å². The second-order valence-electron chi connectivity index (χ2n) is 7.68. The van der Waals surface area contributed by atoms with E-state index in [9.17, 15) is 19.2 Å². The SMILES string of the molecule is CCc1ccc(-n2c3nn(-c4ccccc4)c(=O)c-3c(C(=O)OC)c(C(=O)OC)c2C(=O)OC)cc1. The predicted molar refractivity (Wildman–Crippen MR) is 129 cm³/mol. The Morgan fingerprint density at radius 2 is 1.36 bits per heavy atom. The molecule has 0 saturated carbocycles. The Hall–Kier alpha value is -4.73. The van der Waals surface area contributed by atoms with E-state index in [0.29, 0.717) is 11.4 Å². The van der Waals surface area contributed by atoms with Crippen molar-refractivity contribution in [1.29, 1.82) is 0 Å². The summed E-state index contributed by atoms with van der Waals surface area (Å²) in [5, 5.41) is 4.48. The van der Waals surface area contributed by atoms with Gasteiger partial charge in [0.05, 0.1) is 32.6 Å². The summed E-state index contributed by atoms with van der Waals surface area (Å²) in [5.41, 5.74) is -0.275. The summed E-state index contributed by atoms with van der Waals surface area (Å²) >= 11 is 0. The molecule has 0 radical (unpaired) electrons. The lowest BCUT2D eigenvalue weighted by Gasteiger charge is -2.21. The van der Waals surface area contributed by atoms with E-state index in [4.69, 9.17) is 14.2 Å². The Morgan fingerprint density at radius 1 is 0.778 bits per heavy atom. The van der Waals surface area contributed by atoms with E-state index < -0.39 is 34.6 Å². The minimum absolute atomic E-state index is 0.0402. The first kappa shape index (κ1) is 24.4. The molecule has 0 fully saturated rings. The van der Waals surface area contributed by atoms with Crippen LogP contribution >= 0.6 is 0 Å². The zero-order chi connectivity index (χ0) is 26.0. The first-order valence-corrected chi connectivity index (χ1v) is 11.0. The van der Waals surface area contributed by atoms with E-state index in [1.54, 1.807) is 42.5 Å². The predicted octanol–water partition coefficient (Wildman–Crippen LogP) is 3.05. The van der Waals surface area contributed by atoms with E-state index in [1.807, 2.05) is 19.1 Å². The van der Waals surface area contributed by atoms with Crippen molar-refractivity contribution in [2.24, 2.45) is 0 Å². The van der Waals surface area contributed by atoms with E-state index in [1.165, 1.54) is 4.57 Å². The van der Waals surface area contributed by atoms with Crippen molar-refractivity contribution in [2.45, 2.75) is 13.3 Å². The molecule has 0 unspecified atom stereocenters. The van der Waals surface area contributed by atoms with Crippen molar-refractivity contribution in [1.82, 2.24) is 14.3 Å². The van der Waals surface area contributed by atoms with Crippen molar-refractivity contribution in [3.05, 3.63) is 87.3 Å². The van der Waals surface area contributed by atoms with Gasteiger partial charge in [-0.05, 0) is 36.2 Å². The number of hydrogen-bond donors (Lipinski definition) is 0. The maximum absolute atomic E-state index is 13.7. The van der Waals surface area contributed by atoms with Gasteiger partial charge in [-0.1, -0.05) is 37.3 Å². The number of benzene rings is 2. The standard InChI is InChI=1S/C26H23N3O7/c1-5-15-11-13-16(14-12-15)28-21(26(33)36-4)19(25(32)35-3)18(24(31)34-2)20-22(28)27-29(23(20)30)17-9-7-6-8-10-17/h6-14H,5H2,1-4H3. The monoisotopic (exact) mass is 489 g/mol. The lowest BCUT2D eigenvalue weighted by atomic mass is 9.98. The number of esters is 3. The number of pyridine rings is 1. The molecule has 0 aliphatic carbocycles. The molecule has 2 aliphatic heterocycles. The van der Waals surface area contributed by atoms with Crippen LogP contribution in [-0.4, -0.2) is 53.6 Å². The van der Waals surface area contributed by atoms with E-state index in [2.05, 4.69) is 5.10 Å². The number of para-hydroxylation sites is 1. The van der Waals surface area contributed by atoms with Crippen molar-refractivity contribution in [3.8, 4) is 22.8 Å². The van der Waals surface area contributed by atoms with Gasteiger partial charge in [-0.2, -0.15) is 4.68 Å². The zero-order valence-electron chi connectivity index (χ0n) is 20.1. The summed E-state index contributed by atoms with van der Waals surface area (Å²) in [5.74, 6) is -3.02. The summed E-state index contributed by atoms with van der Waals surface area (Å²) in [4.78, 5) is 52.8. The third-order valence-electron chi connectivity index (χ3n) is 5.76. The molecular weight excluding hydrogens is 466 g/mol. The highest BCUT2D eigenvalue weighted by atomic mass is 16.5. The molecule has 2 aliphatic rings. The summed E-state index contributed by atoms with van der Waals surface area (Å²) in [6.07, 6.45) is 0.770. The van der Waals surface area contributed by atoms with Crippen LogP contribution in [0.25, 0.3) is 22.8 Å². The topological polar surface area (TPSA) is 119 Å². The molecule has 0 aromatic heterocycles. The van der Waals surface area contributed by atoms with E-state index in [-0.39, 0.29) is 17.1 Å². The Morgan fingerprint density at radius 3 is 1.92 bits per heavy atom. The highest BCUT2D eigenvalue weighted by Gasteiger charge is 2.39. The number of ether oxygens (including phenoxy) is 3. The van der Waals surface area contributed by atoms with Crippen LogP contribution in [0.4, 0.5) is 0 Å². The Kier molecular flexibility index (Phi) is 6.69. The van der Waals surface area contributed by atoms with Crippen LogP contribution in [0.5, 0.6) is 0 Å². The first-order chi connectivity index (χ1) is 17.4. The highest BCUT2D eigenvalue weighted by Crippen LogP contribution is 2.33. The van der Waals surface area contributed by atoms with Gasteiger partial charge in [0.25, 0.3) is 5.56 Å². The zero-order valence-corrected chi connectivity index (χ0v) is 20.1. The fourth-order valence-electron chi connectivity index (χ4n) is 4.00. The summed E-state index contributed by atoms with van der Waals surface area (Å²) < 4.78 is 17.2. The van der Waals surface area contributed by atoms with Gasteiger partial charge in [0.15, 0.2) is 5.82 Å². The highest BCUT2D eigenvalue weighted by molar-refractivity contribution is 6.13. The summed E-state index contributed by atoms with van der Waals surface area (Å²) in [6, 6.07) is 15.7. The lowest BCUT2D eigenvalue weighted by Crippen LogP contribution is -2.27. The van der Waals surface area contributed by atoms with Crippen LogP contribution in [0.3, 0.4) is 0 Å². The Labute approximate surface area is 206 Å². The molecule has 2 aromatic rings. The number of nitrogens with zero attached hydrogens (tertiary/aromatic N) is 3. The number of aromatic nitrogens is 3. The number of carbonyl (C=O) groups excluding carboxylic acids is 3. The van der Waals surface area contributed by atoms with Crippen molar-refractivity contribution in [2.75, 3.05) is 21.3 Å². The maximum Gasteiger partial charge on any atom is 0.356 e. The third kappa shape index (κ3) is 3.92. The molecule has 10 nitrogen and oxygen atoms in total. The molecular formula is C26H23N3O7. The van der Waals surface area contributed by atoms with Crippen LogP contribution in [0.15, 0.2) is 59.4 Å². The smallest absolute Gasteiger partial charge is 0.356 e. The fraction of sp³-hybridized carbons (Fsp3) is 0.192. The molecule has 0 amide bonds. The van der Waals surface area contributed by atoms with Gasteiger partial charge >= 0.3 is 17.9 Å². The number of rotatable bonds is 6. The van der Waals surface area contributed by atoms with Gasteiger partial charge in [-0.15, -0.1) is 5.10 Å². The Bertz CT molecular complexity index is 1480. The first-order valence-electron chi connectivity index (χ1n) is 11.0. The van der Waals surface area contributed by atoms with Gasteiger partial charge in [0, 0.05) is 5.69 Å². The molecule has 0 atom stereocenters. The van der Waals surface area contributed by atoms with Crippen LogP contribution in [0, 0.1) is 0 Å². The molecule has 0 saturated heterocycles. The average molecular weight is 489 g/mol. The maximum atomic E-state index is 13.7. The molecule has 36 heavy (non-hydrogen) atoms. The quantitative estimate of drug-likeness (QED) is 0.300. The van der Waals surface area contributed by atoms with E-state index in [0.717, 1.165) is 38.0 Å². The molecule has 0 N–H and O–H groups in total. The number of carbonyl (C=O) groups is 3. The number of hydrogen-bond acceptors (Lipinski definition) is 8. The van der Waals surface area contributed by atoms with Gasteiger partial charge in [-0.25, -0.2) is 14.4 Å². The summed E-state index contributed by atoms with van der Waals surface area (Å²) in [7, 11) is 3.34. The van der Waals surface area contributed by atoms with Crippen LogP contribution in [0.2, 0.25) is 0 Å². The average Bonchev–Trinajstić information content (AvgIpc) is 3.27. The number of aryl methyl sites for hydroxylation is 1. The van der Waals surface area contributed by atoms with Crippen LogP contribution in [-0.2, 0) is 20.6 Å². The van der Waals surface area contributed by atoms with Crippen molar-refractivity contribution in [3.63, 3.8) is 0 Å². The summed E-state index contributed by atoms with van der Waals surface area (Å²) in [6.45, 7) is 1.99. The van der Waals surface area contributed by atoms with Crippen LogP contribution < -0.4 is 5.56 Å². The van der Waals surface area contributed by atoms with Gasteiger partial charge < -0.3 is 14.2 Å². The Balaban J connectivity index is 2.28. The normalized spacial score (nSPS) is 10.8. The third-order valence-corrected chi connectivity index (χ3v) is 5.76. The lowest BCUT2D eigenvalue weighted by molar-refractivity contribution is 0.0529. The van der Waals surface area contributed by atoms with Crippen molar-refractivity contribution < 1.29 is 28.6 Å². The minimum Gasteiger partial charge on any atom is -0.465 e. The largest absolute Gasteiger partial charge is 0.465 e. The van der Waals surface area contributed by atoms with Gasteiger partial charge in [0.1, 0.15) is 16.8 Å². The molecule has 184 valence electrons. The number of methoxy groups -OCH3 is 3. The minimum atomic E-state index is -1.02. The molecule has 0 bridgehead atoms. The number of fused-ring (bicyclic) bond motifs is 1. The molecule has 0 spiro atoms. The van der Waals surface area contributed by atoms with E-state index >= 15 is 0 Å². The van der Waals surface area contributed by atoms with Gasteiger partial charge in [0.2, 0.25) is 0 Å². The fourth-order valence-corrected chi connectivity index (χ4v) is 4.00. The molecule has 4 rings (SSSR count). The second kappa shape index (κ2) is 9.87. The molecule has 2 heterocycles. The second-order valence-corrected chi connectivity index (χ2v) is 7.68. The van der Waals surface area contributed by atoms with Crippen molar-refractivity contribution >= 4 is 17.9 Å². The van der Waals surface area contributed by atoms with Crippen LogP contribution in [0.1, 0.15) is 43.7 Å². The molecule has 10 heteroatoms. The molecule has 2 aromatic carbocycles.